The molecule has 0 bridgehead atoms. The van der Waals surface area contributed by atoms with Crippen molar-refractivity contribution in [2.75, 3.05) is 37.7 Å². The number of aromatic amines is 1. The predicted molar refractivity (Wildman–Crippen MR) is 107 cm³/mol. The quantitative estimate of drug-likeness (QED) is 0.396. The zero-order valence-corrected chi connectivity index (χ0v) is 17.7. The Morgan fingerprint density at radius 1 is 1.17 bits per heavy atom. The summed E-state index contributed by atoms with van der Waals surface area (Å²) in [5.74, 6) is 0.112. The molecule has 2 saturated heterocycles. The van der Waals surface area contributed by atoms with E-state index in [4.69, 9.17) is 5.14 Å². The second-order valence-corrected chi connectivity index (χ2v) is 11.2. The second-order valence-electron chi connectivity index (χ2n) is 7.51. The summed E-state index contributed by atoms with van der Waals surface area (Å²) in [4.78, 5) is 1.05. The fourth-order valence-corrected chi connectivity index (χ4v) is 7.00. The number of nitrogens with one attached hydrogen (secondary N) is 2. The van der Waals surface area contributed by atoms with Gasteiger partial charge in [0, 0.05) is 38.5 Å². The molecule has 0 unspecified atom stereocenters. The molecular weight excluding hydrogens is 434 g/mol. The SMILES string of the molecule is NS(=O)(=O)c1c(S(=O)(=O)C2CNC2)ccc(N2CCC(CO)CC2)c1-c1nn[nH]n1. The van der Waals surface area contributed by atoms with Crippen LogP contribution in [-0.4, -0.2) is 80.6 Å². The van der Waals surface area contributed by atoms with Crippen molar-refractivity contribution in [3.8, 4) is 11.4 Å². The summed E-state index contributed by atoms with van der Waals surface area (Å²) in [5.41, 5.74) is 0.476. The molecule has 0 spiro atoms. The van der Waals surface area contributed by atoms with Crippen LogP contribution in [0.15, 0.2) is 21.9 Å². The van der Waals surface area contributed by atoms with Crippen molar-refractivity contribution in [1.82, 2.24) is 25.9 Å². The van der Waals surface area contributed by atoms with Gasteiger partial charge in [-0.3, -0.25) is 0 Å². The molecule has 1 aromatic carbocycles. The molecule has 0 saturated carbocycles. The number of primary sulfonamides is 1. The highest BCUT2D eigenvalue weighted by molar-refractivity contribution is 7.94. The number of sulfone groups is 1. The third-order valence-electron chi connectivity index (χ3n) is 5.66. The Morgan fingerprint density at radius 3 is 2.37 bits per heavy atom. The number of tetrazole rings is 1. The zero-order chi connectivity index (χ0) is 21.5. The summed E-state index contributed by atoms with van der Waals surface area (Å²) in [5, 5.41) is 30.7. The Kier molecular flexibility index (Phi) is 5.52. The summed E-state index contributed by atoms with van der Waals surface area (Å²) in [6.45, 7) is 1.67. The monoisotopic (exact) mass is 457 g/mol. The number of anilines is 1. The van der Waals surface area contributed by atoms with Crippen LogP contribution in [0.2, 0.25) is 0 Å². The highest BCUT2D eigenvalue weighted by atomic mass is 32.2. The maximum absolute atomic E-state index is 13.1. The number of aliphatic hydroxyl groups excluding tert-OH is 1. The number of nitrogens with zero attached hydrogens (tertiary/aromatic N) is 4. The Balaban J connectivity index is 1.93. The van der Waals surface area contributed by atoms with Gasteiger partial charge in [-0.05, 0) is 36.1 Å². The van der Waals surface area contributed by atoms with Crippen LogP contribution in [0.3, 0.4) is 0 Å². The van der Waals surface area contributed by atoms with Crippen molar-refractivity contribution in [1.29, 1.82) is 0 Å². The van der Waals surface area contributed by atoms with E-state index >= 15 is 0 Å². The first-order valence-corrected chi connectivity index (χ1v) is 12.6. The third kappa shape index (κ3) is 3.69. The van der Waals surface area contributed by atoms with Gasteiger partial charge < -0.3 is 15.3 Å². The van der Waals surface area contributed by atoms with Crippen LogP contribution in [0.25, 0.3) is 11.4 Å². The number of piperidine rings is 1. The first-order valence-electron chi connectivity index (χ1n) is 9.47. The largest absolute Gasteiger partial charge is 0.396 e. The van der Waals surface area contributed by atoms with E-state index in [0.29, 0.717) is 31.6 Å². The summed E-state index contributed by atoms with van der Waals surface area (Å²) in [6.07, 6.45) is 1.42. The van der Waals surface area contributed by atoms with Gasteiger partial charge in [0.05, 0.1) is 15.7 Å². The van der Waals surface area contributed by atoms with Crippen molar-refractivity contribution in [3.05, 3.63) is 12.1 Å². The number of H-pyrrole nitrogens is 1. The van der Waals surface area contributed by atoms with Gasteiger partial charge in [0.15, 0.2) is 9.84 Å². The molecule has 2 fully saturated rings. The molecule has 30 heavy (non-hydrogen) atoms. The summed E-state index contributed by atoms with van der Waals surface area (Å²) < 4.78 is 51.5. The number of hydrogen-bond acceptors (Lipinski definition) is 10. The second kappa shape index (κ2) is 7.85. The molecule has 1 aromatic heterocycles. The average molecular weight is 458 g/mol. The van der Waals surface area contributed by atoms with E-state index in [1.54, 1.807) is 6.07 Å². The maximum Gasteiger partial charge on any atom is 0.240 e. The molecule has 14 heteroatoms. The van der Waals surface area contributed by atoms with Gasteiger partial charge in [-0.1, -0.05) is 0 Å². The first kappa shape index (κ1) is 21.1. The number of sulfonamides is 1. The van der Waals surface area contributed by atoms with Crippen LogP contribution in [0, 0.1) is 5.92 Å². The lowest BCUT2D eigenvalue weighted by atomic mass is 9.97. The van der Waals surface area contributed by atoms with Crippen LogP contribution < -0.4 is 15.4 Å². The van der Waals surface area contributed by atoms with Crippen LogP contribution in [0.4, 0.5) is 5.69 Å². The number of benzene rings is 1. The number of aliphatic hydroxyl groups is 1. The minimum Gasteiger partial charge on any atom is -0.396 e. The standard InChI is InChI=1S/C16H23N7O5S2/c17-30(27,28)15-13(29(25,26)11-7-18-8-11)2-1-12(14(15)16-19-21-22-20-16)23-5-3-10(9-24)4-6-23/h1-2,10-11,18,24H,3-9H2,(H2,17,27,28)(H,19,20,21,22). The highest BCUT2D eigenvalue weighted by Gasteiger charge is 2.39. The molecule has 3 heterocycles. The van der Waals surface area contributed by atoms with E-state index in [1.807, 2.05) is 4.90 Å². The molecular formula is C16H23N7O5S2. The summed E-state index contributed by atoms with van der Waals surface area (Å²) in [7, 11) is -8.40. The lowest BCUT2D eigenvalue weighted by molar-refractivity contribution is 0.203. The zero-order valence-electron chi connectivity index (χ0n) is 16.0. The van der Waals surface area contributed by atoms with Crippen molar-refractivity contribution >= 4 is 25.5 Å². The van der Waals surface area contributed by atoms with Gasteiger partial charge >= 0.3 is 0 Å². The molecule has 4 rings (SSSR count). The van der Waals surface area contributed by atoms with E-state index in [1.165, 1.54) is 6.07 Å². The number of hydrogen-bond donors (Lipinski definition) is 4. The minimum absolute atomic E-state index is 0.0158. The lowest BCUT2D eigenvalue weighted by Gasteiger charge is -2.34. The van der Waals surface area contributed by atoms with E-state index in [9.17, 15) is 21.9 Å². The summed E-state index contributed by atoms with van der Waals surface area (Å²) in [6, 6.07) is 2.86. The van der Waals surface area contributed by atoms with E-state index in [2.05, 4.69) is 25.9 Å². The molecule has 2 aliphatic rings. The molecule has 12 nitrogen and oxygen atoms in total. The van der Waals surface area contributed by atoms with E-state index in [-0.39, 0.29) is 41.9 Å². The minimum atomic E-state index is -4.46. The summed E-state index contributed by atoms with van der Waals surface area (Å²) >= 11 is 0. The Labute approximate surface area is 173 Å². The van der Waals surface area contributed by atoms with Gasteiger partial charge in [-0.15, -0.1) is 10.2 Å². The average Bonchev–Trinajstić information content (AvgIpc) is 3.19. The van der Waals surface area contributed by atoms with Crippen molar-refractivity contribution in [3.63, 3.8) is 0 Å². The van der Waals surface area contributed by atoms with Gasteiger partial charge in [0.1, 0.15) is 4.90 Å². The molecule has 0 amide bonds. The topological polar surface area (TPSA) is 184 Å². The van der Waals surface area contributed by atoms with Gasteiger partial charge in [-0.2, -0.15) is 5.21 Å². The predicted octanol–water partition coefficient (Wildman–Crippen LogP) is -1.53. The van der Waals surface area contributed by atoms with Crippen molar-refractivity contribution < 1.29 is 21.9 Å². The van der Waals surface area contributed by atoms with Gasteiger partial charge in [-0.25, -0.2) is 22.0 Å². The van der Waals surface area contributed by atoms with Gasteiger partial charge in [0.2, 0.25) is 15.8 Å². The molecule has 164 valence electrons. The maximum atomic E-state index is 13.1. The fraction of sp³-hybridized carbons (Fsp3) is 0.562. The number of nitrogens with two attached hydrogens (primary N) is 1. The molecule has 0 radical (unpaired) electrons. The molecule has 0 atom stereocenters. The number of aromatic nitrogens is 4. The van der Waals surface area contributed by atoms with Crippen molar-refractivity contribution in [2.24, 2.45) is 11.1 Å². The molecule has 2 aliphatic heterocycles. The van der Waals surface area contributed by atoms with E-state index in [0.717, 1.165) is 0 Å². The molecule has 2 aromatic rings. The van der Waals surface area contributed by atoms with Crippen LogP contribution in [-0.2, 0) is 19.9 Å². The third-order valence-corrected chi connectivity index (χ3v) is 8.94. The number of rotatable bonds is 6. The Hall–Kier alpha value is -2.13. The van der Waals surface area contributed by atoms with Crippen molar-refractivity contribution in [2.45, 2.75) is 27.9 Å². The molecule has 5 N–H and O–H groups in total. The normalized spacial score (nSPS) is 19.1. The Morgan fingerprint density at radius 2 is 1.87 bits per heavy atom. The van der Waals surface area contributed by atoms with Crippen LogP contribution in [0.1, 0.15) is 12.8 Å². The van der Waals surface area contributed by atoms with Crippen LogP contribution >= 0.6 is 0 Å². The van der Waals surface area contributed by atoms with E-state index < -0.39 is 30.0 Å². The Bertz CT molecular complexity index is 1120. The molecule has 0 aliphatic carbocycles. The lowest BCUT2D eigenvalue weighted by Crippen LogP contribution is -2.51. The van der Waals surface area contributed by atoms with Crippen LogP contribution in [0.5, 0.6) is 0 Å². The smallest absolute Gasteiger partial charge is 0.240 e. The first-order chi connectivity index (χ1) is 14.2. The van der Waals surface area contributed by atoms with Gasteiger partial charge in [0.25, 0.3) is 0 Å². The highest BCUT2D eigenvalue weighted by Crippen LogP contribution is 2.40. The fourth-order valence-electron chi connectivity index (χ4n) is 3.82.